The highest BCUT2D eigenvalue weighted by atomic mass is 19.1. The SMILES string of the molecule is CC(Cc1ccn2cc(F)ccc12)N(C)C. The Morgan fingerprint density at radius 3 is 2.75 bits per heavy atom. The standard InChI is InChI=1S/C13H17FN2/c1-10(15(2)3)8-11-6-7-16-9-12(14)4-5-13(11)16/h4-7,9-10H,8H2,1-3H3. The number of halogens is 1. The molecule has 1 unspecified atom stereocenters. The Kier molecular flexibility index (Phi) is 2.97. The number of rotatable bonds is 3. The average molecular weight is 220 g/mol. The number of hydrogen-bond donors (Lipinski definition) is 0. The molecule has 0 aliphatic carbocycles. The van der Waals surface area contributed by atoms with E-state index < -0.39 is 0 Å². The number of fused-ring (bicyclic) bond motifs is 1. The average Bonchev–Trinajstić information content (AvgIpc) is 2.60. The predicted octanol–water partition coefficient (Wildman–Crippen LogP) is 2.57. The molecule has 0 radical (unpaired) electrons. The molecule has 2 aromatic rings. The zero-order valence-corrected chi connectivity index (χ0v) is 9.94. The van der Waals surface area contributed by atoms with Crippen molar-refractivity contribution in [3.8, 4) is 0 Å². The van der Waals surface area contributed by atoms with Gasteiger partial charge in [0.1, 0.15) is 5.82 Å². The third kappa shape index (κ3) is 2.09. The second-order valence-electron chi connectivity index (χ2n) is 4.50. The van der Waals surface area contributed by atoms with Crippen molar-refractivity contribution in [1.29, 1.82) is 0 Å². The summed E-state index contributed by atoms with van der Waals surface area (Å²) in [5.74, 6) is -0.199. The minimum Gasteiger partial charge on any atom is -0.321 e. The summed E-state index contributed by atoms with van der Waals surface area (Å²) in [6.45, 7) is 2.19. The van der Waals surface area contributed by atoms with Crippen LogP contribution in [0.15, 0.2) is 30.6 Å². The maximum Gasteiger partial charge on any atom is 0.139 e. The van der Waals surface area contributed by atoms with E-state index >= 15 is 0 Å². The first-order valence-corrected chi connectivity index (χ1v) is 5.49. The Morgan fingerprint density at radius 2 is 2.06 bits per heavy atom. The second kappa shape index (κ2) is 4.26. The Labute approximate surface area is 95.3 Å². The molecule has 0 N–H and O–H groups in total. The molecule has 3 heteroatoms. The van der Waals surface area contributed by atoms with Gasteiger partial charge in [0.15, 0.2) is 0 Å². The minimum absolute atomic E-state index is 0.199. The second-order valence-corrected chi connectivity index (χ2v) is 4.50. The largest absolute Gasteiger partial charge is 0.321 e. The predicted molar refractivity (Wildman–Crippen MR) is 64.2 cm³/mol. The van der Waals surface area contributed by atoms with Crippen LogP contribution in [0.4, 0.5) is 4.39 Å². The van der Waals surface area contributed by atoms with E-state index in [0.717, 1.165) is 11.9 Å². The van der Waals surface area contributed by atoms with Gasteiger partial charge >= 0.3 is 0 Å². The Bertz CT molecular complexity index is 488. The van der Waals surface area contributed by atoms with Gasteiger partial charge in [0.25, 0.3) is 0 Å². The van der Waals surface area contributed by atoms with E-state index in [1.54, 1.807) is 0 Å². The van der Waals surface area contributed by atoms with E-state index in [1.165, 1.54) is 17.8 Å². The molecule has 0 bridgehead atoms. The van der Waals surface area contributed by atoms with E-state index in [9.17, 15) is 4.39 Å². The molecule has 1 atom stereocenters. The molecule has 16 heavy (non-hydrogen) atoms. The van der Waals surface area contributed by atoms with Crippen molar-refractivity contribution in [1.82, 2.24) is 9.30 Å². The smallest absolute Gasteiger partial charge is 0.139 e. The van der Waals surface area contributed by atoms with Gasteiger partial charge < -0.3 is 9.30 Å². The van der Waals surface area contributed by atoms with Crippen LogP contribution in [0, 0.1) is 5.82 Å². The van der Waals surface area contributed by atoms with E-state index in [4.69, 9.17) is 0 Å². The molecule has 0 amide bonds. The van der Waals surface area contributed by atoms with Gasteiger partial charge in [0.2, 0.25) is 0 Å². The highest BCUT2D eigenvalue weighted by Crippen LogP contribution is 2.16. The lowest BCUT2D eigenvalue weighted by Gasteiger charge is -2.19. The molecule has 0 aliphatic rings. The van der Waals surface area contributed by atoms with Gasteiger partial charge in [-0.1, -0.05) is 0 Å². The Hall–Kier alpha value is -1.35. The molecule has 0 fully saturated rings. The van der Waals surface area contributed by atoms with Gasteiger partial charge in [0.05, 0.1) is 0 Å². The molecule has 2 nitrogen and oxygen atoms in total. The van der Waals surface area contributed by atoms with Crippen LogP contribution in [-0.2, 0) is 6.42 Å². The quantitative estimate of drug-likeness (QED) is 0.771. The van der Waals surface area contributed by atoms with Crippen LogP contribution >= 0.6 is 0 Å². The highest BCUT2D eigenvalue weighted by Gasteiger charge is 2.09. The molecule has 2 rings (SSSR count). The Morgan fingerprint density at radius 1 is 1.31 bits per heavy atom. The first-order chi connectivity index (χ1) is 7.58. The van der Waals surface area contributed by atoms with Crippen LogP contribution in [0.5, 0.6) is 0 Å². The van der Waals surface area contributed by atoms with Crippen LogP contribution in [-0.4, -0.2) is 29.4 Å². The fourth-order valence-corrected chi connectivity index (χ4v) is 1.82. The zero-order chi connectivity index (χ0) is 11.7. The summed E-state index contributed by atoms with van der Waals surface area (Å²) in [6.07, 6.45) is 4.41. The first kappa shape index (κ1) is 11.1. The Balaban J connectivity index is 2.32. The van der Waals surface area contributed by atoms with Crippen LogP contribution in [0.25, 0.3) is 5.52 Å². The number of pyridine rings is 1. The summed E-state index contributed by atoms with van der Waals surface area (Å²) < 4.78 is 14.8. The zero-order valence-electron chi connectivity index (χ0n) is 9.94. The lowest BCUT2D eigenvalue weighted by atomic mass is 10.1. The van der Waals surface area contributed by atoms with Crippen LogP contribution in [0.1, 0.15) is 12.5 Å². The summed E-state index contributed by atoms with van der Waals surface area (Å²) in [7, 11) is 4.14. The number of aromatic nitrogens is 1. The molecule has 2 heterocycles. The molecular formula is C13H17FN2. The van der Waals surface area contributed by atoms with Crippen molar-refractivity contribution in [2.24, 2.45) is 0 Å². The summed E-state index contributed by atoms with van der Waals surface area (Å²) in [5.41, 5.74) is 2.36. The molecule has 2 aromatic heterocycles. The highest BCUT2D eigenvalue weighted by molar-refractivity contribution is 5.55. The maximum atomic E-state index is 13.0. The fraction of sp³-hybridized carbons (Fsp3) is 0.385. The summed E-state index contributed by atoms with van der Waals surface area (Å²) in [6, 6.07) is 5.90. The number of nitrogens with zero attached hydrogens (tertiary/aromatic N) is 2. The van der Waals surface area contributed by atoms with Crippen molar-refractivity contribution in [2.45, 2.75) is 19.4 Å². The molecule has 0 spiro atoms. The molecule has 0 saturated carbocycles. The van der Waals surface area contributed by atoms with Crippen molar-refractivity contribution >= 4 is 5.52 Å². The number of likely N-dealkylation sites (N-methyl/N-ethyl adjacent to an activating group) is 1. The van der Waals surface area contributed by atoms with Gasteiger partial charge in [-0.2, -0.15) is 0 Å². The van der Waals surface area contributed by atoms with Crippen LogP contribution < -0.4 is 0 Å². The van der Waals surface area contributed by atoms with Gasteiger partial charge in [-0.05, 0) is 51.2 Å². The van der Waals surface area contributed by atoms with Crippen molar-refractivity contribution in [3.63, 3.8) is 0 Å². The molecule has 86 valence electrons. The van der Waals surface area contributed by atoms with Gasteiger partial charge in [-0.3, -0.25) is 0 Å². The van der Waals surface area contributed by atoms with Crippen LogP contribution in [0.2, 0.25) is 0 Å². The van der Waals surface area contributed by atoms with E-state index in [1.807, 2.05) is 16.7 Å². The lowest BCUT2D eigenvalue weighted by Crippen LogP contribution is -2.26. The van der Waals surface area contributed by atoms with E-state index in [2.05, 4.69) is 32.0 Å². The van der Waals surface area contributed by atoms with Crippen molar-refractivity contribution in [2.75, 3.05) is 14.1 Å². The molecular weight excluding hydrogens is 203 g/mol. The lowest BCUT2D eigenvalue weighted by molar-refractivity contribution is 0.313. The summed E-state index contributed by atoms with van der Waals surface area (Å²) in [5, 5.41) is 0. The topological polar surface area (TPSA) is 7.65 Å². The monoisotopic (exact) mass is 220 g/mol. The molecule has 0 aliphatic heterocycles. The summed E-state index contributed by atoms with van der Waals surface area (Å²) in [4.78, 5) is 2.19. The van der Waals surface area contributed by atoms with E-state index in [-0.39, 0.29) is 5.82 Å². The molecule has 0 aromatic carbocycles. The fourth-order valence-electron chi connectivity index (χ4n) is 1.82. The van der Waals surface area contributed by atoms with Crippen molar-refractivity contribution in [3.05, 3.63) is 42.0 Å². The maximum absolute atomic E-state index is 13.0. The van der Waals surface area contributed by atoms with Crippen molar-refractivity contribution < 1.29 is 4.39 Å². The van der Waals surface area contributed by atoms with Crippen LogP contribution in [0.3, 0.4) is 0 Å². The third-order valence-electron chi connectivity index (χ3n) is 3.10. The normalized spacial score (nSPS) is 13.6. The molecule has 0 saturated heterocycles. The van der Waals surface area contributed by atoms with Gasteiger partial charge in [0, 0.05) is 24.0 Å². The van der Waals surface area contributed by atoms with Gasteiger partial charge in [-0.25, -0.2) is 4.39 Å². The van der Waals surface area contributed by atoms with Gasteiger partial charge in [-0.15, -0.1) is 0 Å². The minimum atomic E-state index is -0.199. The third-order valence-corrected chi connectivity index (χ3v) is 3.10. The summed E-state index contributed by atoms with van der Waals surface area (Å²) >= 11 is 0. The van der Waals surface area contributed by atoms with E-state index in [0.29, 0.717) is 6.04 Å². The first-order valence-electron chi connectivity index (χ1n) is 5.49. The number of hydrogen-bond acceptors (Lipinski definition) is 1.